The average Bonchev–Trinajstić information content (AvgIpc) is 2.16. The molecule has 0 aromatic heterocycles. The largest absolute Gasteiger partial charge is 0.394 e. The fourth-order valence-electron chi connectivity index (χ4n) is 1.08. The quantitative estimate of drug-likeness (QED) is 0.537. The summed E-state index contributed by atoms with van der Waals surface area (Å²) in [5.74, 6) is 0.123. The number of amides is 1. The Hall–Kier alpha value is -0.650. The molecule has 0 bridgehead atoms. The maximum absolute atomic E-state index is 11.4. The van der Waals surface area contributed by atoms with Crippen molar-refractivity contribution in [1.29, 1.82) is 0 Å². The molecule has 0 aliphatic rings. The zero-order chi connectivity index (χ0) is 11.8. The Morgan fingerprint density at radius 1 is 1.53 bits per heavy atom. The van der Waals surface area contributed by atoms with Crippen molar-refractivity contribution in [2.75, 3.05) is 20.3 Å². The molecule has 5 nitrogen and oxygen atoms in total. The van der Waals surface area contributed by atoms with Crippen molar-refractivity contribution in [3.05, 3.63) is 0 Å². The van der Waals surface area contributed by atoms with Crippen LogP contribution in [0.3, 0.4) is 0 Å². The standard InChI is InChI=1S/C10H22N2O3/c1-7(2)9(11)4-10(14)12-8(5-13)6-15-3/h7-9,13H,4-6,11H2,1-3H3,(H,12,14). The van der Waals surface area contributed by atoms with Crippen molar-refractivity contribution in [2.24, 2.45) is 11.7 Å². The Balaban J connectivity index is 3.90. The van der Waals surface area contributed by atoms with E-state index in [1.165, 1.54) is 7.11 Å². The third kappa shape index (κ3) is 6.43. The Bertz CT molecular complexity index is 186. The van der Waals surface area contributed by atoms with Crippen molar-refractivity contribution in [3.8, 4) is 0 Å². The van der Waals surface area contributed by atoms with Gasteiger partial charge < -0.3 is 20.9 Å². The molecule has 0 heterocycles. The third-order valence-electron chi connectivity index (χ3n) is 2.23. The molecule has 4 N–H and O–H groups in total. The van der Waals surface area contributed by atoms with Gasteiger partial charge in [0.2, 0.25) is 5.91 Å². The van der Waals surface area contributed by atoms with E-state index < -0.39 is 0 Å². The van der Waals surface area contributed by atoms with Crippen LogP contribution in [-0.2, 0) is 9.53 Å². The van der Waals surface area contributed by atoms with Gasteiger partial charge in [-0.25, -0.2) is 0 Å². The molecule has 0 saturated heterocycles. The number of ether oxygens (including phenoxy) is 1. The van der Waals surface area contributed by atoms with E-state index in [4.69, 9.17) is 15.6 Å². The fourth-order valence-corrected chi connectivity index (χ4v) is 1.08. The molecule has 0 saturated carbocycles. The minimum Gasteiger partial charge on any atom is -0.394 e. The fraction of sp³-hybridized carbons (Fsp3) is 0.900. The summed E-state index contributed by atoms with van der Waals surface area (Å²) in [5.41, 5.74) is 5.75. The third-order valence-corrected chi connectivity index (χ3v) is 2.23. The molecule has 0 aliphatic heterocycles. The molecule has 15 heavy (non-hydrogen) atoms. The summed E-state index contributed by atoms with van der Waals surface area (Å²) in [6.07, 6.45) is 0.276. The van der Waals surface area contributed by atoms with Gasteiger partial charge in [0.25, 0.3) is 0 Å². The van der Waals surface area contributed by atoms with Crippen LogP contribution in [0.1, 0.15) is 20.3 Å². The average molecular weight is 218 g/mol. The minimum atomic E-state index is -0.345. The highest BCUT2D eigenvalue weighted by Gasteiger charge is 2.16. The first-order valence-corrected chi connectivity index (χ1v) is 5.16. The van der Waals surface area contributed by atoms with Crippen LogP contribution in [0, 0.1) is 5.92 Å². The number of carbonyl (C=O) groups excluding carboxylic acids is 1. The number of aliphatic hydroxyl groups excluding tert-OH is 1. The van der Waals surface area contributed by atoms with Crippen LogP contribution < -0.4 is 11.1 Å². The summed E-state index contributed by atoms with van der Waals surface area (Å²) < 4.78 is 4.84. The number of hydrogen-bond donors (Lipinski definition) is 3. The minimum absolute atomic E-state index is 0.128. The van der Waals surface area contributed by atoms with Crippen molar-refractivity contribution in [3.63, 3.8) is 0 Å². The number of hydrogen-bond acceptors (Lipinski definition) is 4. The van der Waals surface area contributed by atoms with Crippen LogP contribution >= 0.6 is 0 Å². The Morgan fingerprint density at radius 2 is 2.13 bits per heavy atom. The predicted octanol–water partition coefficient (Wildman–Crippen LogP) is -0.517. The maximum atomic E-state index is 11.4. The van der Waals surface area contributed by atoms with Gasteiger partial charge >= 0.3 is 0 Å². The van der Waals surface area contributed by atoms with Gasteiger partial charge in [-0.2, -0.15) is 0 Å². The molecule has 2 atom stereocenters. The second-order valence-corrected chi connectivity index (χ2v) is 4.01. The summed E-state index contributed by atoms with van der Waals surface area (Å²) in [7, 11) is 1.52. The lowest BCUT2D eigenvalue weighted by molar-refractivity contribution is -0.123. The van der Waals surface area contributed by atoms with Crippen molar-refractivity contribution < 1.29 is 14.6 Å². The highest BCUT2D eigenvalue weighted by molar-refractivity contribution is 5.76. The molecule has 0 aromatic rings. The topological polar surface area (TPSA) is 84.6 Å². The van der Waals surface area contributed by atoms with Gasteiger partial charge in [0.05, 0.1) is 19.3 Å². The van der Waals surface area contributed by atoms with Gasteiger partial charge in [0, 0.05) is 19.6 Å². The zero-order valence-corrected chi connectivity index (χ0v) is 9.69. The molecule has 0 aliphatic carbocycles. The Labute approximate surface area is 91.0 Å². The lowest BCUT2D eigenvalue weighted by atomic mass is 10.0. The molecule has 1 amide bonds. The highest BCUT2D eigenvalue weighted by Crippen LogP contribution is 2.02. The molecular weight excluding hydrogens is 196 g/mol. The van der Waals surface area contributed by atoms with Crippen LogP contribution in [-0.4, -0.2) is 43.4 Å². The summed E-state index contributed by atoms with van der Waals surface area (Å²) >= 11 is 0. The van der Waals surface area contributed by atoms with E-state index >= 15 is 0 Å². The van der Waals surface area contributed by atoms with E-state index in [0.717, 1.165) is 0 Å². The first-order valence-electron chi connectivity index (χ1n) is 5.16. The first kappa shape index (κ1) is 14.3. The number of carbonyl (C=O) groups is 1. The van der Waals surface area contributed by atoms with Crippen LogP contribution in [0.4, 0.5) is 0 Å². The zero-order valence-electron chi connectivity index (χ0n) is 9.69. The van der Waals surface area contributed by atoms with Crippen molar-refractivity contribution in [1.82, 2.24) is 5.32 Å². The van der Waals surface area contributed by atoms with Gasteiger partial charge in [-0.3, -0.25) is 4.79 Å². The van der Waals surface area contributed by atoms with Crippen LogP contribution in [0.5, 0.6) is 0 Å². The van der Waals surface area contributed by atoms with Gasteiger partial charge in [0.1, 0.15) is 0 Å². The Kier molecular flexibility index (Phi) is 7.29. The first-order chi connectivity index (χ1) is 7.01. The van der Waals surface area contributed by atoms with Crippen LogP contribution in [0.25, 0.3) is 0 Å². The summed E-state index contributed by atoms with van der Waals surface area (Å²) in [4.78, 5) is 11.4. The van der Waals surface area contributed by atoms with Crippen LogP contribution in [0.2, 0.25) is 0 Å². The number of nitrogens with two attached hydrogens (primary N) is 1. The number of methoxy groups -OCH3 is 1. The molecule has 5 heteroatoms. The van der Waals surface area contributed by atoms with E-state index in [2.05, 4.69) is 5.32 Å². The van der Waals surface area contributed by atoms with E-state index in [9.17, 15) is 4.79 Å². The van der Waals surface area contributed by atoms with Gasteiger partial charge in [-0.15, -0.1) is 0 Å². The normalized spacial score (nSPS) is 15.1. The van der Waals surface area contributed by atoms with Crippen molar-refractivity contribution in [2.45, 2.75) is 32.4 Å². The molecule has 0 radical (unpaired) electrons. The predicted molar refractivity (Wildman–Crippen MR) is 58.3 cm³/mol. The second kappa shape index (κ2) is 7.62. The smallest absolute Gasteiger partial charge is 0.221 e. The van der Waals surface area contributed by atoms with Gasteiger partial charge in [0.15, 0.2) is 0 Å². The monoisotopic (exact) mass is 218 g/mol. The molecule has 90 valence electrons. The SMILES string of the molecule is COCC(CO)NC(=O)CC(N)C(C)C. The number of aliphatic hydroxyl groups is 1. The van der Waals surface area contributed by atoms with E-state index in [1.54, 1.807) is 0 Å². The van der Waals surface area contributed by atoms with Gasteiger partial charge in [-0.05, 0) is 5.92 Å². The van der Waals surface area contributed by atoms with E-state index in [0.29, 0.717) is 6.61 Å². The Morgan fingerprint density at radius 3 is 2.53 bits per heavy atom. The molecule has 0 aromatic carbocycles. The van der Waals surface area contributed by atoms with Gasteiger partial charge in [-0.1, -0.05) is 13.8 Å². The molecular formula is C10H22N2O3. The second-order valence-electron chi connectivity index (χ2n) is 4.01. The lowest BCUT2D eigenvalue weighted by Gasteiger charge is -2.18. The molecule has 0 rings (SSSR count). The van der Waals surface area contributed by atoms with E-state index in [-0.39, 0.29) is 36.9 Å². The lowest BCUT2D eigenvalue weighted by Crippen LogP contribution is -2.43. The summed E-state index contributed by atoms with van der Waals surface area (Å²) in [6, 6.07) is -0.492. The summed E-state index contributed by atoms with van der Waals surface area (Å²) in [5, 5.41) is 11.6. The van der Waals surface area contributed by atoms with Crippen molar-refractivity contribution >= 4 is 5.91 Å². The molecule has 2 unspecified atom stereocenters. The maximum Gasteiger partial charge on any atom is 0.221 e. The molecule has 0 fully saturated rings. The molecule has 0 spiro atoms. The van der Waals surface area contributed by atoms with E-state index in [1.807, 2.05) is 13.8 Å². The highest BCUT2D eigenvalue weighted by atomic mass is 16.5. The summed E-state index contributed by atoms with van der Waals surface area (Å²) in [6.45, 7) is 4.11. The number of rotatable bonds is 7. The number of nitrogens with one attached hydrogen (secondary N) is 1. The van der Waals surface area contributed by atoms with Crippen LogP contribution in [0.15, 0.2) is 0 Å².